The number of hydrogen-bond acceptors (Lipinski definition) is 3. The molecular weight excluding hydrogens is 610 g/mol. The normalized spacial score (nSPS) is 17.0. The molecule has 7 aromatic carbocycles. The van der Waals surface area contributed by atoms with E-state index in [1.807, 2.05) is 60.7 Å². The lowest BCUT2D eigenvalue weighted by atomic mass is 10.1. The van der Waals surface area contributed by atoms with Gasteiger partial charge in [0, 0.05) is 21.6 Å². The summed E-state index contributed by atoms with van der Waals surface area (Å²) in [6, 6.07) is 63.3. The van der Waals surface area contributed by atoms with Gasteiger partial charge in [0.25, 0.3) is 0 Å². The molecule has 224 valence electrons. The molecule has 2 aliphatic heterocycles. The topological polar surface area (TPSA) is 29.5 Å². The lowest BCUT2D eigenvalue weighted by Crippen LogP contribution is -2.82. The molecule has 47 heavy (non-hydrogen) atoms. The fourth-order valence-electron chi connectivity index (χ4n) is 7.71. The van der Waals surface area contributed by atoms with Gasteiger partial charge in [0.1, 0.15) is 0 Å². The lowest BCUT2D eigenvalue weighted by Gasteiger charge is -2.46. The molecule has 5 heteroatoms. The van der Waals surface area contributed by atoms with E-state index in [2.05, 4.69) is 126 Å². The maximum atomic E-state index is 16.3. The van der Waals surface area contributed by atoms with Gasteiger partial charge in [0.2, 0.25) is 0 Å². The SMILES string of the molecule is O=P1(c2ccccc2)c2ccccc2[Si](c2ccccc2)(c2ccccc2)c2c(N3c4ccccc4Oc4ccccc43)cccc21. The van der Waals surface area contributed by atoms with Crippen LogP contribution >= 0.6 is 7.14 Å². The Labute approximate surface area is 275 Å². The molecule has 0 aliphatic carbocycles. The third kappa shape index (κ3) is 3.96. The molecule has 0 saturated heterocycles. The molecule has 0 amide bonds. The first-order chi connectivity index (χ1) is 23.2. The van der Waals surface area contributed by atoms with Gasteiger partial charge in [-0.05, 0) is 51.1 Å². The smallest absolute Gasteiger partial charge is 0.183 e. The highest BCUT2D eigenvalue weighted by Crippen LogP contribution is 2.51. The second kappa shape index (κ2) is 10.8. The summed E-state index contributed by atoms with van der Waals surface area (Å²) < 4.78 is 22.8. The maximum absolute atomic E-state index is 16.3. The molecule has 0 aromatic heterocycles. The molecule has 1 unspecified atom stereocenters. The van der Waals surface area contributed by atoms with Crippen molar-refractivity contribution in [3.8, 4) is 11.5 Å². The van der Waals surface area contributed by atoms with Crippen molar-refractivity contribution < 1.29 is 9.30 Å². The van der Waals surface area contributed by atoms with Crippen LogP contribution in [0.3, 0.4) is 0 Å². The predicted molar refractivity (Wildman–Crippen MR) is 198 cm³/mol. The van der Waals surface area contributed by atoms with Crippen LogP contribution < -0.4 is 46.3 Å². The Morgan fingerprint density at radius 3 is 1.53 bits per heavy atom. The molecule has 2 heterocycles. The Morgan fingerprint density at radius 1 is 0.447 bits per heavy atom. The summed E-state index contributed by atoms with van der Waals surface area (Å²) in [5, 5.41) is 7.49. The molecule has 0 fully saturated rings. The summed E-state index contributed by atoms with van der Waals surface area (Å²) in [4.78, 5) is 2.34. The number of fused-ring (bicyclic) bond motifs is 4. The Balaban J connectivity index is 1.51. The lowest BCUT2D eigenvalue weighted by molar-refractivity contribution is 0.477. The number of ether oxygens (including phenoxy) is 1. The van der Waals surface area contributed by atoms with Crippen LogP contribution in [-0.2, 0) is 4.57 Å². The van der Waals surface area contributed by atoms with Crippen molar-refractivity contribution in [2.75, 3.05) is 4.90 Å². The summed E-state index contributed by atoms with van der Waals surface area (Å²) in [6.07, 6.45) is 0. The molecule has 0 N–H and O–H groups in total. The third-order valence-corrected chi connectivity index (χ3v) is 18.1. The quantitative estimate of drug-likeness (QED) is 0.161. The van der Waals surface area contributed by atoms with E-state index in [9.17, 15) is 0 Å². The summed E-state index contributed by atoms with van der Waals surface area (Å²) in [6.45, 7) is 0. The van der Waals surface area contributed by atoms with Crippen molar-refractivity contribution in [2.24, 2.45) is 0 Å². The van der Waals surface area contributed by atoms with Crippen molar-refractivity contribution in [2.45, 2.75) is 0 Å². The van der Waals surface area contributed by atoms with E-state index in [0.29, 0.717) is 0 Å². The minimum Gasteiger partial charge on any atom is -0.453 e. The highest BCUT2D eigenvalue weighted by Gasteiger charge is 2.54. The first-order valence-corrected chi connectivity index (χ1v) is 19.6. The van der Waals surface area contributed by atoms with Crippen LogP contribution in [0, 0.1) is 0 Å². The highest BCUT2D eigenvalue weighted by atomic mass is 31.2. The zero-order valence-electron chi connectivity index (χ0n) is 25.5. The molecular formula is C42H30NO2PSi. The van der Waals surface area contributed by atoms with Crippen molar-refractivity contribution in [3.63, 3.8) is 0 Å². The van der Waals surface area contributed by atoms with Gasteiger partial charge in [0.15, 0.2) is 26.7 Å². The van der Waals surface area contributed by atoms with E-state index >= 15 is 4.57 Å². The number of nitrogens with zero attached hydrogens (tertiary/aromatic N) is 1. The molecule has 2 aliphatic rings. The number of para-hydroxylation sites is 4. The van der Waals surface area contributed by atoms with Gasteiger partial charge in [-0.15, -0.1) is 0 Å². The Bertz CT molecular complexity index is 2240. The van der Waals surface area contributed by atoms with Crippen molar-refractivity contribution in [1.29, 1.82) is 0 Å². The molecule has 9 rings (SSSR count). The Hall–Kier alpha value is -5.41. The third-order valence-electron chi connectivity index (χ3n) is 9.59. The number of benzene rings is 7. The van der Waals surface area contributed by atoms with Crippen molar-refractivity contribution in [3.05, 3.63) is 182 Å². The zero-order valence-corrected chi connectivity index (χ0v) is 27.4. The van der Waals surface area contributed by atoms with E-state index in [1.165, 1.54) is 15.6 Å². The zero-order chi connectivity index (χ0) is 31.4. The Morgan fingerprint density at radius 2 is 0.915 bits per heavy atom. The van der Waals surface area contributed by atoms with Gasteiger partial charge in [-0.2, -0.15) is 0 Å². The Kier molecular flexibility index (Phi) is 6.43. The molecule has 0 spiro atoms. The average molecular weight is 640 g/mol. The van der Waals surface area contributed by atoms with Gasteiger partial charge in [-0.1, -0.05) is 152 Å². The average Bonchev–Trinajstić information content (AvgIpc) is 3.15. The first kappa shape index (κ1) is 27.9. The summed E-state index contributed by atoms with van der Waals surface area (Å²) >= 11 is 0. The van der Waals surface area contributed by atoms with Crippen LogP contribution in [0.1, 0.15) is 0 Å². The summed E-state index contributed by atoms with van der Waals surface area (Å²) in [5.74, 6) is 1.58. The molecule has 0 bridgehead atoms. The van der Waals surface area contributed by atoms with Gasteiger partial charge < -0.3 is 14.2 Å². The van der Waals surface area contributed by atoms with E-state index in [-0.39, 0.29) is 0 Å². The number of rotatable bonds is 4. The van der Waals surface area contributed by atoms with Crippen LogP contribution in [0.2, 0.25) is 0 Å². The van der Waals surface area contributed by atoms with Crippen LogP contribution in [0.5, 0.6) is 11.5 Å². The van der Waals surface area contributed by atoms with Gasteiger partial charge >= 0.3 is 0 Å². The number of hydrogen-bond donors (Lipinski definition) is 0. The minimum absolute atomic E-state index is 0.790. The fraction of sp³-hybridized carbons (Fsp3) is 0. The van der Waals surface area contributed by atoms with Crippen LogP contribution in [0.4, 0.5) is 17.1 Å². The largest absolute Gasteiger partial charge is 0.453 e. The molecule has 0 radical (unpaired) electrons. The minimum atomic E-state index is -3.34. The first-order valence-electron chi connectivity index (χ1n) is 15.9. The molecule has 1 atom stereocenters. The highest BCUT2D eigenvalue weighted by molar-refractivity contribution is 7.87. The van der Waals surface area contributed by atoms with Crippen molar-refractivity contribution in [1.82, 2.24) is 0 Å². The van der Waals surface area contributed by atoms with Gasteiger partial charge in [0.05, 0.1) is 11.4 Å². The summed E-state index contributed by atoms with van der Waals surface area (Å²) in [7, 11) is -6.46. The molecule has 7 aromatic rings. The van der Waals surface area contributed by atoms with E-state index < -0.39 is 15.2 Å². The van der Waals surface area contributed by atoms with Crippen LogP contribution in [0.15, 0.2) is 182 Å². The van der Waals surface area contributed by atoms with Crippen molar-refractivity contribution >= 4 is 68.9 Å². The molecule has 0 saturated carbocycles. The van der Waals surface area contributed by atoms with Gasteiger partial charge in [-0.25, -0.2) is 0 Å². The van der Waals surface area contributed by atoms with Gasteiger partial charge in [-0.3, -0.25) is 0 Å². The summed E-state index contributed by atoms with van der Waals surface area (Å²) in [5.41, 5.74) is 2.93. The second-order valence-corrected chi connectivity index (χ2v) is 18.4. The van der Waals surface area contributed by atoms with Crippen LogP contribution in [0.25, 0.3) is 0 Å². The van der Waals surface area contributed by atoms with E-state index in [0.717, 1.165) is 49.7 Å². The maximum Gasteiger partial charge on any atom is 0.183 e. The standard InChI is InChI=1S/C42H30NO2PSi/c44-46(31-17-4-1-5-18-31)39-28-14-15-30-41(39)47(32-19-6-2-7-20-32,33-21-8-3-9-22-33)42-36(25-16-29-40(42)46)43-34-23-10-12-26-37(34)45-38-27-13-11-24-35(38)43/h1-30H. The monoisotopic (exact) mass is 639 g/mol. The fourth-order valence-corrected chi connectivity index (χ4v) is 17.6. The van der Waals surface area contributed by atoms with E-state index in [4.69, 9.17) is 4.74 Å². The number of anilines is 3. The van der Waals surface area contributed by atoms with Crippen LogP contribution in [-0.4, -0.2) is 8.07 Å². The predicted octanol–water partition coefficient (Wildman–Crippen LogP) is 6.59. The van der Waals surface area contributed by atoms with E-state index in [1.54, 1.807) is 0 Å². The second-order valence-electron chi connectivity index (χ2n) is 12.0. The molecule has 3 nitrogen and oxygen atoms in total.